The van der Waals surface area contributed by atoms with Crippen molar-refractivity contribution < 1.29 is 4.79 Å². The van der Waals surface area contributed by atoms with Crippen molar-refractivity contribution in [3.63, 3.8) is 0 Å². The number of amides is 1. The zero-order chi connectivity index (χ0) is 22.7. The molecule has 1 aliphatic carbocycles. The number of benzene rings is 2. The van der Waals surface area contributed by atoms with E-state index in [1.165, 1.54) is 32.1 Å². The second-order valence-electron chi connectivity index (χ2n) is 9.13. The Morgan fingerprint density at radius 3 is 2.44 bits per heavy atom. The predicted octanol–water partition coefficient (Wildman–Crippen LogP) is 6.27. The first-order valence-corrected chi connectivity index (χ1v) is 11.6. The number of nitrogens with zero attached hydrogens (tertiary/aromatic N) is 1. The Hall–Kier alpha value is -3.14. The summed E-state index contributed by atoms with van der Waals surface area (Å²) < 4.78 is 2.21. The van der Waals surface area contributed by atoms with E-state index in [1.54, 1.807) is 6.07 Å². The normalized spacial score (nSPS) is 14.3. The van der Waals surface area contributed by atoms with E-state index >= 15 is 0 Å². The van der Waals surface area contributed by atoms with Gasteiger partial charge in [0.2, 0.25) is 0 Å². The molecular formula is C28H32N2O2. The summed E-state index contributed by atoms with van der Waals surface area (Å²) in [5.74, 6) is 0.221. The van der Waals surface area contributed by atoms with Crippen LogP contribution in [0.15, 0.2) is 59.4 Å². The summed E-state index contributed by atoms with van der Waals surface area (Å²) >= 11 is 0. The third-order valence-corrected chi connectivity index (χ3v) is 6.60. The van der Waals surface area contributed by atoms with Crippen LogP contribution < -0.4 is 10.7 Å². The van der Waals surface area contributed by atoms with E-state index < -0.39 is 0 Å². The number of rotatable bonds is 5. The van der Waals surface area contributed by atoms with E-state index in [9.17, 15) is 9.59 Å². The lowest BCUT2D eigenvalue weighted by molar-refractivity contribution is 0.102. The molecular weight excluding hydrogens is 396 g/mol. The topological polar surface area (TPSA) is 51.1 Å². The van der Waals surface area contributed by atoms with Crippen molar-refractivity contribution in [1.82, 2.24) is 4.57 Å². The first-order chi connectivity index (χ1) is 15.4. The van der Waals surface area contributed by atoms with E-state index in [1.807, 2.05) is 63.2 Å². The number of pyridine rings is 1. The van der Waals surface area contributed by atoms with Crippen molar-refractivity contribution in [3.8, 4) is 11.3 Å². The van der Waals surface area contributed by atoms with Gasteiger partial charge in [-0.05, 0) is 62.8 Å². The number of aryl methyl sites for hydroxylation is 3. The van der Waals surface area contributed by atoms with Crippen molar-refractivity contribution in [1.29, 1.82) is 0 Å². The van der Waals surface area contributed by atoms with Gasteiger partial charge in [-0.3, -0.25) is 9.59 Å². The Balaban J connectivity index is 1.86. The number of hydrogen-bond donors (Lipinski definition) is 1. The van der Waals surface area contributed by atoms with Gasteiger partial charge in [0, 0.05) is 24.0 Å². The molecule has 0 atom stereocenters. The summed E-state index contributed by atoms with van der Waals surface area (Å²) in [6, 6.07) is 17.4. The standard InChI is InChI=1S/C28H32N2O2/c1-19-10-9-14-23(16-19)27-26(28(32)29-24-15-8-7-11-20(24)2)25(31)17-21(3)30(27)18-22-12-5-4-6-13-22/h7-11,14-17,22H,4-6,12-13,18H2,1-3H3,(H,29,32). The number of anilines is 1. The number of carbonyl (C=O) groups is 1. The Kier molecular flexibility index (Phi) is 6.59. The third-order valence-electron chi connectivity index (χ3n) is 6.60. The molecule has 0 spiro atoms. The third kappa shape index (κ3) is 4.69. The molecule has 1 aliphatic rings. The average Bonchev–Trinajstić information content (AvgIpc) is 2.77. The molecule has 0 saturated heterocycles. The van der Waals surface area contributed by atoms with Crippen LogP contribution in [0, 0.1) is 26.7 Å². The van der Waals surface area contributed by atoms with E-state index in [0.717, 1.165) is 40.3 Å². The van der Waals surface area contributed by atoms with Gasteiger partial charge in [0.1, 0.15) is 5.56 Å². The number of hydrogen-bond acceptors (Lipinski definition) is 2. The highest BCUT2D eigenvalue weighted by Crippen LogP contribution is 2.30. The van der Waals surface area contributed by atoms with Gasteiger partial charge in [0.25, 0.3) is 5.91 Å². The minimum atomic E-state index is -0.349. The summed E-state index contributed by atoms with van der Waals surface area (Å²) in [5, 5.41) is 2.99. The minimum Gasteiger partial charge on any atom is -0.344 e. The number of nitrogens with one attached hydrogen (secondary N) is 1. The van der Waals surface area contributed by atoms with Crippen molar-refractivity contribution >= 4 is 11.6 Å². The Labute approximate surface area is 190 Å². The van der Waals surface area contributed by atoms with Gasteiger partial charge in [-0.25, -0.2) is 0 Å². The monoisotopic (exact) mass is 428 g/mol. The van der Waals surface area contributed by atoms with Crippen molar-refractivity contribution in [2.45, 2.75) is 59.4 Å². The number of para-hydroxylation sites is 1. The molecule has 32 heavy (non-hydrogen) atoms. The quantitative estimate of drug-likeness (QED) is 0.520. The van der Waals surface area contributed by atoms with Crippen LogP contribution >= 0.6 is 0 Å². The zero-order valence-corrected chi connectivity index (χ0v) is 19.3. The molecule has 0 bridgehead atoms. The van der Waals surface area contributed by atoms with E-state index in [4.69, 9.17) is 0 Å². The molecule has 1 N–H and O–H groups in total. The van der Waals surface area contributed by atoms with Gasteiger partial charge in [-0.15, -0.1) is 0 Å². The molecule has 3 aromatic rings. The van der Waals surface area contributed by atoms with E-state index in [2.05, 4.69) is 16.0 Å². The molecule has 4 rings (SSSR count). The maximum Gasteiger partial charge on any atom is 0.261 e. The molecule has 166 valence electrons. The lowest BCUT2D eigenvalue weighted by Gasteiger charge is -2.27. The van der Waals surface area contributed by atoms with Crippen molar-refractivity contribution in [2.75, 3.05) is 5.32 Å². The maximum absolute atomic E-state index is 13.5. The number of carbonyl (C=O) groups excluding carboxylic acids is 1. The van der Waals surface area contributed by atoms with Gasteiger partial charge in [-0.2, -0.15) is 0 Å². The molecule has 1 saturated carbocycles. The largest absolute Gasteiger partial charge is 0.344 e. The average molecular weight is 429 g/mol. The molecule has 4 nitrogen and oxygen atoms in total. The smallest absolute Gasteiger partial charge is 0.261 e. The fraction of sp³-hybridized carbons (Fsp3) is 0.357. The highest BCUT2D eigenvalue weighted by Gasteiger charge is 2.24. The van der Waals surface area contributed by atoms with Crippen LogP contribution in [0.4, 0.5) is 5.69 Å². The Morgan fingerprint density at radius 2 is 1.72 bits per heavy atom. The molecule has 1 heterocycles. The second-order valence-corrected chi connectivity index (χ2v) is 9.13. The fourth-order valence-electron chi connectivity index (χ4n) is 4.84. The van der Waals surface area contributed by atoms with Crippen LogP contribution in [0.1, 0.15) is 59.3 Å². The lowest BCUT2D eigenvalue weighted by atomic mass is 9.88. The Morgan fingerprint density at radius 1 is 0.969 bits per heavy atom. The predicted molar refractivity (Wildman–Crippen MR) is 131 cm³/mol. The summed E-state index contributed by atoms with van der Waals surface area (Å²) in [5.41, 5.74) is 5.34. The highest BCUT2D eigenvalue weighted by atomic mass is 16.2. The zero-order valence-electron chi connectivity index (χ0n) is 19.3. The van der Waals surface area contributed by atoms with E-state index in [-0.39, 0.29) is 16.9 Å². The molecule has 0 radical (unpaired) electrons. The fourth-order valence-corrected chi connectivity index (χ4v) is 4.84. The van der Waals surface area contributed by atoms with Crippen LogP contribution in [-0.4, -0.2) is 10.5 Å². The Bertz CT molecular complexity index is 1190. The SMILES string of the molecule is Cc1cccc(-c2c(C(=O)Nc3ccccc3C)c(=O)cc(C)n2CC2CCCCC2)c1. The minimum absolute atomic E-state index is 0.222. The molecule has 1 amide bonds. The first-order valence-electron chi connectivity index (χ1n) is 11.6. The van der Waals surface area contributed by atoms with Crippen LogP contribution in [0.3, 0.4) is 0 Å². The summed E-state index contributed by atoms with van der Waals surface area (Å²) in [6.45, 7) is 6.80. The second kappa shape index (κ2) is 9.56. The van der Waals surface area contributed by atoms with E-state index in [0.29, 0.717) is 5.92 Å². The van der Waals surface area contributed by atoms with Gasteiger partial charge in [0.05, 0.1) is 5.69 Å². The summed E-state index contributed by atoms with van der Waals surface area (Å²) in [6.07, 6.45) is 6.20. The molecule has 0 unspecified atom stereocenters. The van der Waals surface area contributed by atoms with Crippen molar-refractivity contribution in [3.05, 3.63) is 87.2 Å². The molecule has 2 aromatic carbocycles. The summed E-state index contributed by atoms with van der Waals surface area (Å²) in [7, 11) is 0. The van der Waals surface area contributed by atoms with Crippen LogP contribution in [0.2, 0.25) is 0 Å². The van der Waals surface area contributed by atoms with Crippen LogP contribution in [0.5, 0.6) is 0 Å². The van der Waals surface area contributed by atoms with Gasteiger partial charge < -0.3 is 9.88 Å². The maximum atomic E-state index is 13.5. The first kappa shape index (κ1) is 22.1. The van der Waals surface area contributed by atoms with Crippen LogP contribution in [-0.2, 0) is 6.54 Å². The van der Waals surface area contributed by atoms with Crippen molar-refractivity contribution in [2.24, 2.45) is 5.92 Å². The summed E-state index contributed by atoms with van der Waals surface area (Å²) in [4.78, 5) is 26.7. The molecule has 4 heteroatoms. The number of aromatic nitrogens is 1. The van der Waals surface area contributed by atoms with Gasteiger partial charge >= 0.3 is 0 Å². The van der Waals surface area contributed by atoms with Crippen LogP contribution in [0.25, 0.3) is 11.3 Å². The lowest BCUT2D eigenvalue weighted by Crippen LogP contribution is -2.28. The molecule has 1 aromatic heterocycles. The van der Waals surface area contributed by atoms with Gasteiger partial charge in [0.15, 0.2) is 5.43 Å². The molecule has 0 aliphatic heterocycles. The highest BCUT2D eigenvalue weighted by molar-refractivity contribution is 6.08. The molecule has 1 fully saturated rings. The van der Waals surface area contributed by atoms with Gasteiger partial charge in [-0.1, -0.05) is 61.2 Å².